The summed E-state index contributed by atoms with van der Waals surface area (Å²) in [5.74, 6) is 0.303. The lowest BCUT2D eigenvalue weighted by Gasteiger charge is -2.26. The van der Waals surface area contributed by atoms with E-state index in [-0.39, 0.29) is 5.56 Å². The minimum absolute atomic E-state index is 0.0153. The van der Waals surface area contributed by atoms with Gasteiger partial charge in [-0.1, -0.05) is 18.2 Å². The Balaban J connectivity index is 1.62. The Hall–Kier alpha value is -2.07. The second-order valence-electron chi connectivity index (χ2n) is 5.57. The summed E-state index contributed by atoms with van der Waals surface area (Å²) in [6.07, 6.45) is 4.09. The second kappa shape index (κ2) is 6.14. The number of benzene rings is 1. The molecule has 0 fully saturated rings. The highest BCUT2D eigenvalue weighted by Crippen LogP contribution is 2.27. The number of H-pyrrole nitrogens is 1. The van der Waals surface area contributed by atoms with E-state index in [1.54, 1.807) is 18.2 Å². The molecule has 0 radical (unpaired) electrons. The Kier molecular flexibility index (Phi) is 4.06. The van der Waals surface area contributed by atoms with Crippen molar-refractivity contribution in [2.45, 2.75) is 31.7 Å². The minimum Gasteiger partial charge on any atom is -0.508 e. The highest BCUT2D eigenvalue weighted by atomic mass is 16.3. The summed E-state index contributed by atoms with van der Waals surface area (Å²) in [4.78, 5) is 14.3. The first-order chi connectivity index (χ1) is 10.2. The molecular formula is C17H20N2O2. The number of nitrogens with one attached hydrogen (secondary N) is 2. The van der Waals surface area contributed by atoms with Crippen molar-refractivity contribution < 1.29 is 5.11 Å². The van der Waals surface area contributed by atoms with Crippen LogP contribution < -0.4 is 10.9 Å². The summed E-state index contributed by atoms with van der Waals surface area (Å²) < 4.78 is 0. The van der Waals surface area contributed by atoms with Gasteiger partial charge < -0.3 is 15.4 Å². The normalized spacial score (nSPS) is 17.4. The zero-order valence-corrected chi connectivity index (χ0v) is 11.9. The lowest BCUT2D eigenvalue weighted by atomic mass is 9.91. The smallest absolute Gasteiger partial charge is 0.248 e. The van der Waals surface area contributed by atoms with Crippen molar-refractivity contribution in [3.05, 3.63) is 63.6 Å². The molecule has 1 heterocycles. The number of fused-ring (bicyclic) bond motifs is 1. The molecule has 1 aromatic carbocycles. The second-order valence-corrected chi connectivity index (χ2v) is 5.57. The summed E-state index contributed by atoms with van der Waals surface area (Å²) in [7, 11) is 0. The fraction of sp³-hybridized carbons (Fsp3) is 0.353. The molecule has 3 rings (SSSR count). The molecule has 110 valence electrons. The van der Waals surface area contributed by atoms with Crippen LogP contribution in [0.2, 0.25) is 0 Å². The number of hydrogen-bond donors (Lipinski definition) is 3. The van der Waals surface area contributed by atoms with Gasteiger partial charge in [0.2, 0.25) is 5.56 Å². The Bertz CT molecular complexity index is 661. The summed E-state index contributed by atoms with van der Waals surface area (Å²) in [5, 5.41) is 12.8. The monoisotopic (exact) mass is 284 g/mol. The largest absolute Gasteiger partial charge is 0.508 e. The molecule has 0 saturated carbocycles. The first-order valence-electron chi connectivity index (χ1n) is 7.46. The molecular weight excluding hydrogens is 264 g/mol. The van der Waals surface area contributed by atoms with Gasteiger partial charge in [-0.15, -0.1) is 0 Å². The van der Waals surface area contributed by atoms with Gasteiger partial charge in [0.05, 0.1) is 0 Å². The molecule has 3 N–H and O–H groups in total. The maximum atomic E-state index is 11.4. The van der Waals surface area contributed by atoms with Crippen molar-refractivity contribution >= 4 is 0 Å². The lowest BCUT2D eigenvalue weighted by molar-refractivity contribution is 0.456. The van der Waals surface area contributed by atoms with Crippen molar-refractivity contribution in [1.29, 1.82) is 0 Å². The van der Waals surface area contributed by atoms with E-state index in [1.165, 1.54) is 11.1 Å². The predicted molar refractivity (Wildman–Crippen MR) is 82.6 cm³/mol. The number of aromatic hydroxyl groups is 1. The van der Waals surface area contributed by atoms with Crippen LogP contribution in [-0.4, -0.2) is 16.6 Å². The van der Waals surface area contributed by atoms with Crippen LogP contribution in [0.3, 0.4) is 0 Å². The summed E-state index contributed by atoms with van der Waals surface area (Å²) in [6.45, 7) is 0.883. The molecule has 0 amide bonds. The third-order valence-corrected chi connectivity index (χ3v) is 4.07. The number of phenols is 1. The van der Waals surface area contributed by atoms with Gasteiger partial charge in [0.1, 0.15) is 5.75 Å². The average molecular weight is 284 g/mol. The van der Waals surface area contributed by atoms with E-state index in [2.05, 4.69) is 10.3 Å². The number of pyridine rings is 1. The molecule has 0 aliphatic heterocycles. The zero-order chi connectivity index (χ0) is 14.7. The number of phenolic OH excluding ortho intramolecular Hbond substituents is 1. The topological polar surface area (TPSA) is 65.1 Å². The first-order valence-corrected chi connectivity index (χ1v) is 7.46. The third kappa shape index (κ3) is 3.34. The van der Waals surface area contributed by atoms with Crippen molar-refractivity contribution in [3.8, 4) is 5.75 Å². The van der Waals surface area contributed by atoms with Gasteiger partial charge in [0.25, 0.3) is 0 Å². The minimum atomic E-state index is -0.0153. The van der Waals surface area contributed by atoms with Gasteiger partial charge >= 0.3 is 0 Å². The first kappa shape index (κ1) is 13.9. The van der Waals surface area contributed by atoms with Crippen LogP contribution in [0.5, 0.6) is 5.75 Å². The predicted octanol–water partition coefficient (Wildman–Crippen LogP) is 2.29. The standard InChI is InChI=1S/C17H20N2O2/c20-13-6-4-12(5-7-13)10-11-18-15-2-1-3-16-14(15)8-9-17(21)19-16/h4-9,15,18,20H,1-3,10-11H2,(H,19,21). The van der Waals surface area contributed by atoms with Crippen molar-refractivity contribution in [1.82, 2.24) is 10.3 Å². The number of aromatic amines is 1. The number of rotatable bonds is 4. The van der Waals surface area contributed by atoms with Crippen LogP contribution >= 0.6 is 0 Å². The van der Waals surface area contributed by atoms with Crippen LogP contribution in [0.25, 0.3) is 0 Å². The fourth-order valence-electron chi connectivity index (χ4n) is 2.97. The van der Waals surface area contributed by atoms with E-state index < -0.39 is 0 Å². The van der Waals surface area contributed by atoms with Gasteiger partial charge in [-0.3, -0.25) is 4.79 Å². The number of hydrogen-bond acceptors (Lipinski definition) is 3. The highest BCUT2D eigenvalue weighted by molar-refractivity contribution is 5.27. The van der Waals surface area contributed by atoms with Crippen LogP contribution in [-0.2, 0) is 12.8 Å². The number of aryl methyl sites for hydroxylation is 1. The molecule has 4 heteroatoms. The molecule has 0 bridgehead atoms. The van der Waals surface area contributed by atoms with Crippen LogP contribution in [0.15, 0.2) is 41.2 Å². The van der Waals surface area contributed by atoms with Gasteiger partial charge in [0, 0.05) is 17.8 Å². The van der Waals surface area contributed by atoms with E-state index in [0.717, 1.165) is 37.9 Å². The summed E-state index contributed by atoms with van der Waals surface area (Å²) in [6, 6.07) is 11.2. The van der Waals surface area contributed by atoms with Crippen LogP contribution in [0.4, 0.5) is 0 Å². The molecule has 2 aromatic rings. The third-order valence-electron chi connectivity index (χ3n) is 4.07. The highest BCUT2D eigenvalue weighted by Gasteiger charge is 2.19. The van der Waals surface area contributed by atoms with E-state index in [0.29, 0.717) is 11.8 Å². The summed E-state index contributed by atoms with van der Waals surface area (Å²) in [5.41, 5.74) is 3.50. The van der Waals surface area contributed by atoms with Crippen molar-refractivity contribution in [2.75, 3.05) is 6.54 Å². The zero-order valence-electron chi connectivity index (χ0n) is 11.9. The van der Waals surface area contributed by atoms with Gasteiger partial charge in [-0.25, -0.2) is 0 Å². The molecule has 1 unspecified atom stereocenters. The van der Waals surface area contributed by atoms with E-state index in [9.17, 15) is 9.90 Å². The lowest BCUT2D eigenvalue weighted by Crippen LogP contribution is -2.28. The maximum absolute atomic E-state index is 11.4. The average Bonchev–Trinajstić information content (AvgIpc) is 2.49. The van der Waals surface area contributed by atoms with Gasteiger partial charge in [-0.05, 0) is 55.5 Å². The van der Waals surface area contributed by atoms with Gasteiger partial charge in [-0.2, -0.15) is 0 Å². The van der Waals surface area contributed by atoms with E-state index >= 15 is 0 Å². The molecule has 1 aliphatic rings. The van der Waals surface area contributed by atoms with Crippen LogP contribution in [0.1, 0.15) is 35.7 Å². The SMILES string of the molecule is O=c1ccc2c([nH]1)CCCC2NCCc1ccc(O)cc1. The molecule has 21 heavy (non-hydrogen) atoms. The maximum Gasteiger partial charge on any atom is 0.248 e. The van der Waals surface area contributed by atoms with Gasteiger partial charge in [0.15, 0.2) is 0 Å². The quantitative estimate of drug-likeness (QED) is 0.807. The fourth-order valence-corrected chi connectivity index (χ4v) is 2.97. The Morgan fingerprint density at radius 2 is 2.00 bits per heavy atom. The molecule has 1 atom stereocenters. The van der Waals surface area contributed by atoms with Crippen LogP contribution in [0, 0.1) is 0 Å². The molecule has 0 spiro atoms. The summed E-state index contributed by atoms with van der Waals surface area (Å²) >= 11 is 0. The molecule has 1 aromatic heterocycles. The molecule has 0 saturated heterocycles. The Morgan fingerprint density at radius 1 is 1.19 bits per heavy atom. The number of aromatic nitrogens is 1. The Morgan fingerprint density at radius 3 is 2.81 bits per heavy atom. The molecule has 4 nitrogen and oxygen atoms in total. The van der Waals surface area contributed by atoms with E-state index in [1.807, 2.05) is 18.2 Å². The molecule has 1 aliphatic carbocycles. The van der Waals surface area contributed by atoms with Crippen molar-refractivity contribution in [2.24, 2.45) is 0 Å². The Labute approximate surface area is 123 Å². The van der Waals surface area contributed by atoms with E-state index in [4.69, 9.17) is 0 Å². The van der Waals surface area contributed by atoms with Crippen molar-refractivity contribution in [3.63, 3.8) is 0 Å².